The van der Waals surface area contributed by atoms with Crippen molar-refractivity contribution in [3.05, 3.63) is 41.5 Å². The van der Waals surface area contributed by atoms with Gasteiger partial charge in [0.1, 0.15) is 0 Å². The van der Waals surface area contributed by atoms with Crippen molar-refractivity contribution in [2.45, 2.75) is 43.8 Å². The van der Waals surface area contributed by atoms with E-state index in [4.69, 9.17) is 4.52 Å². The van der Waals surface area contributed by atoms with Crippen molar-refractivity contribution in [2.75, 3.05) is 6.54 Å². The lowest BCUT2D eigenvalue weighted by molar-refractivity contribution is -0.139. The van der Waals surface area contributed by atoms with E-state index in [-0.39, 0.29) is 6.54 Å². The van der Waals surface area contributed by atoms with E-state index in [0.29, 0.717) is 30.6 Å². The van der Waals surface area contributed by atoms with Gasteiger partial charge in [-0.2, -0.15) is 22.9 Å². The summed E-state index contributed by atoms with van der Waals surface area (Å²) in [5.41, 5.74) is -1.30. The molecule has 2 aromatic rings. The highest BCUT2D eigenvalue weighted by Crippen LogP contribution is 2.33. The summed E-state index contributed by atoms with van der Waals surface area (Å²) in [6, 6.07) is 2.49. The smallest absolute Gasteiger partial charge is 0.355 e. The molecule has 0 fully saturated rings. The molecule has 8 nitrogen and oxygen atoms in total. The number of carbonyl (C=O) groups is 1. The van der Waals surface area contributed by atoms with Crippen LogP contribution in [0.3, 0.4) is 0 Å². The van der Waals surface area contributed by atoms with E-state index in [1.165, 1.54) is 13.0 Å². The molecule has 1 amide bonds. The molecule has 0 bridgehead atoms. The Bertz CT molecular complexity index is 928. The maximum Gasteiger partial charge on any atom is 0.417 e. The molecule has 2 N–H and O–H groups in total. The highest BCUT2D eigenvalue weighted by atomic mass is 32.2. The SMILES string of the molecule is Cc1noc(CCCNC(=O)[C@H](C)NS(=O)(=O)c2ccccc2C(F)(F)F)n1. The maximum absolute atomic E-state index is 13.0. The lowest BCUT2D eigenvalue weighted by atomic mass is 10.2. The molecule has 12 heteroatoms. The molecule has 0 aliphatic heterocycles. The van der Waals surface area contributed by atoms with Crippen molar-refractivity contribution < 1.29 is 30.9 Å². The summed E-state index contributed by atoms with van der Waals surface area (Å²) in [4.78, 5) is 15.1. The van der Waals surface area contributed by atoms with Crippen molar-refractivity contribution in [1.29, 1.82) is 0 Å². The van der Waals surface area contributed by atoms with E-state index in [2.05, 4.69) is 15.5 Å². The van der Waals surface area contributed by atoms with Crippen molar-refractivity contribution in [3.63, 3.8) is 0 Å². The molecule has 28 heavy (non-hydrogen) atoms. The van der Waals surface area contributed by atoms with Gasteiger partial charge >= 0.3 is 6.18 Å². The first-order chi connectivity index (χ1) is 13.0. The van der Waals surface area contributed by atoms with Gasteiger partial charge in [-0.25, -0.2) is 8.42 Å². The molecule has 0 spiro atoms. The van der Waals surface area contributed by atoms with Gasteiger partial charge in [0.2, 0.25) is 21.8 Å². The number of rotatable bonds is 8. The number of hydrogen-bond donors (Lipinski definition) is 2. The number of alkyl halides is 3. The number of sulfonamides is 1. The molecule has 1 heterocycles. The number of amides is 1. The van der Waals surface area contributed by atoms with E-state index >= 15 is 0 Å². The standard InChI is InChI=1S/C16H19F3N4O4S/c1-10(15(24)20-9-5-8-14-21-11(2)22-27-14)23-28(25,26)13-7-4-3-6-12(13)16(17,18)19/h3-4,6-7,10,23H,5,8-9H2,1-2H3,(H,20,24)/t10-/m0/s1. The molecule has 1 atom stereocenters. The third-order valence-corrected chi connectivity index (χ3v) is 5.24. The molecule has 2 rings (SSSR count). The Morgan fingerprint density at radius 3 is 2.57 bits per heavy atom. The normalized spacial score (nSPS) is 13.3. The predicted molar refractivity (Wildman–Crippen MR) is 91.6 cm³/mol. The minimum absolute atomic E-state index is 0.200. The largest absolute Gasteiger partial charge is 0.417 e. The quantitative estimate of drug-likeness (QED) is 0.630. The average Bonchev–Trinajstić information content (AvgIpc) is 3.02. The summed E-state index contributed by atoms with van der Waals surface area (Å²) in [5.74, 6) is 0.222. The first kappa shape index (κ1) is 21.8. The Hall–Kier alpha value is -2.47. The predicted octanol–water partition coefficient (Wildman–Crippen LogP) is 1.81. The van der Waals surface area contributed by atoms with Crippen LogP contribution in [0.1, 0.15) is 30.6 Å². The Kier molecular flexibility index (Phi) is 6.77. The first-order valence-electron chi connectivity index (χ1n) is 8.26. The third kappa shape index (κ3) is 5.76. The van der Waals surface area contributed by atoms with Crippen LogP contribution in [0.15, 0.2) is 33.7 Å². The Morgan fingerprint density at radius 2 is 1.96 bits per heavy atom. The van der Waals surface area contributed by atoms with Crippen LogP contribution < -0.4 is 10.0 Å². The Labute approximate surface area is 159 Å². The van der Waals surface area contributed by atoms with Crippen molar-refractivity contribution in [3.8, 4) is 0 Å². The molecule has 154 valence electrons. The first-order valence-corrected chi connectivity index (χ1v) is 9.74. The van der Waals surface area contributed by atoms with E-state index in [1.54, 1.807) is 6.92 Å². The number of halogens is 3. The van der Waals surface area contributed by atoms with E-state index < -0.39 is 38.6 Å². The summed E-state index contributed by atoms with van der Waals surface area (Å²) < 4.78 is 70.6. The summed E-state index contributed by atoms with van der Waals surface area (Å²) in [5, 5.41) is 6.12. The van der Waals surface area contributed by atoms with Crippen molar-refractivity contribution in [2.24, 2.45) is 0 Å². The maximum atomic E-state index is 13.0. The van der Waals surface area contributed by atoms with E-state index in [1.807, 2.05) is 4.72 Å². The van der Waals surface area contributed by atoms with Gasteiger partial charge < -0.3 is 9.84 Å². The lowest BCUT2D eigenvalue weighted by Crippen LogP contribution is -2.45. The van der Waals surface area contributed by atoms with E-state index in [9.17, 15) is 26.4 Å². The number of aromatic nitrogens is 2. The van der Waals surface area contributed by atoms with Gasteiger partial charge in [0.15, 0.2) is 5.82 Å². The van der Waals surface area contributed by atoms with Gasteiger partial charge in [-0.05, 0) is 32.4 Å². The molecule has 1 aromatic heterocycles. The monoisotopic (exact) mass is 420 g/mol. The number of nitrogens with zero attached hydrogens (tertiary/aromatic N) is 2. The van der Waals surface area contributed by atoms with Gasteiger partial charge in [-0.15, -0.1) is 0 Å². The van der Waals surface area contributed by atoms with Gasteiger partial charge in [-0.3, -0.25) is 4.79 Å². The fourth-order valence-electron chi connectivity index (χ4n) is 2.33. The molecule has 0 saturated heterocycles. The molecule has 1 aromatic carbocycles. The molecule has 0 aliphatic rings. The van der Waals surface area contributed by atoms with Crippen molar-refractivity contribution >= 4 is 15.9 Å². The molecule has 0 radical (unpaired) electrons. The summed E-state index contributed by atoms with van der Waals surface area (Å²) in [6.07, 6.45) is -3.96. The van der Waals surface area contributed by atoms with Gasteiger partial charge in [0.05, 0.1) is 16.5 Å². The molecule has 0 unspecified atom stereocenters. The fraction of sp³-hybridized carbons (Fsp3) is 0.438. The van der Waals surface area contributed by atoms with Crippen LogP contribution in [0.5, 0.6) is 0 Å². The topological polar surface area (TPSA) is 114 Å². The van der Waals surface area contributed by atoms with Crippen LogP contribution in [-0.2, 0) is 27.4 Å². The number of benzene rings is 1. The second kappa shape index (κ2) is 8.69. The number of hydrogen-bond acceptors (Lipinski definition) is 6. The fourth-order valence-corrected chi connectivity index (χ4v) is 3.76. The summed E-state index contributed by atoms with van der Waals surface area (Å²) >= 11 is 0. The lowest BCUT2D eigenvalue weighted by Gasteiger charge is -2.17. The highest BCUT2D eigenvalue weighted by Gasteiger charge is 2.37. The number of aryl methyl sites for hydroxylation is 2. The number of carbonyl (C=O) groups excluding carboxylic acids is 1. The van der Waals surface area contributed by atoms with Crippen LogP contribution in [0.25, 0.3) is 0 Å². The third-order valence-electron chi connectivity index (χ3n) is 3.64. The minimum atomic E-state index is -4.84. The average molecular weight is 420 g/mol. The van der Waals surface area contributed by atoms with Crippen LogP contribution in [0, 0.1) is 6.92 Å². The van der Waals surface area contributed by atoms with Crippen molar-refractivity contribution in [1.82, 2.24) is 20.2 Å². The van der Waals surface area contributed by atoms with Gasteiger partial charge in [0.25, 0.3) is 0 Å². The van der Waals surface area contributed by atoms with Crippen LogP contribution in [0.4, 0.5) is 13.2 Å². The molecule has 0 aliphatic carbocycles. The number of nitrogens with one attached hydrogen (secondary N) is 2. The molecular weight excluding hydrogens is 401 g/mol. The van der Waals surface area contributed by atoms with Crippen LogP contribution >= 0.6 is 0 Å². The highest BCUT2D eigenvalue weighted by molar-refractivity contribution is 7.89. The van der Waals surface area contributed by atoms with Crippen LogP contribution in [-0.4, -0.2) is 37.1 Å². The van der Waals surface area contributed by atoms with Gasteiger partial charge in [0, 0.05) is 13.0 Å². The zero-order valence-corrected chi connectivity index (χ0v) is 15.9. The summed E-state index contributed by atoms with van der Waals surface area (Å²) in [7, 11) is -4.55. The summed E-state index contributed by atoms with van der Waals surface area (Å²) in [6.45, 7) is 3.11. The zero-order valence-electron chi connectivity index (χ0n) is 15.1. The van der Waals surface area contributed by atoms with E-state index in [0.717, 1.165) is 12.1 Å². The zero-order chi connectivity index (χ0) is 20.9. The molecular formula is C16H19F3N4O4S. The second-order valence-corrected chi connectivity index (χ2v) is 7.65. The Morgan fingerprint density at radius 1 is 1.29 bits per heavy atom. The molecule has 0 saturated carbocycles. The Balaban J connectivity index is 1.94. The van der Waals surface area contributed by atoms with Gasteiger partial charge in [-0.1, -0.05) is 17.3 Å². The van der Waals surface area contributed by atoms with Crippen LogP contribution in [0.2, 0.25) is 0 Å². The second-order valence-electron chi connectivity index (χ2n) is 5.97. The minimum Gasteiger partial charge on any atom is -0.355 e.